The van der Waals surface area contributed by atoms with Crippen LogP contribution in [0.25, 0.3) is 0 Å². The van der Waals surface area contributed by atoms with Crippen molar-refractivity contribution in [1.82, 2.24) is 5.32 Å². The summed E-state index contributed by atoms with van der Waals surface area (Å²) in [5.41, 5.74) is 0.801. The number of unbranched alkanes of at least 4 members (excludes halogenated alkanes) is 5. The zero-order valence-corrected chi connectivity index (χ0v) is 13.7. The van der Waals surface area contributed by atoms with Gasteiger partial charge in [0, 0.05) is 6.54 Å². The van der Waals surface area contributed by atoms with Crippen molar-refractivity contribution in [2.24, 2.45) is 0 Å². The van der Waals surface area contributed by atoms with Crippen LogP contribution in [0.3, 0.4) is 0 Å². The van der Waals surface area contributed by atoms with Gasteiger partial charge >= 0.3 is 0 Å². The lowest BCUT2D eigenvalue weighted by molar-refractivity contribution is 0.174. The summed E-state index contributed by atoms with van der Waals surface area (Å²) < 4.78 is 0. The molecule has 0 aliphatic carbocycles. The number of benzene rings is 1. The lowest BCUT2D eigenvalue weighted by Gasteiger charge is -2.13. The molecule has 0 aliphatic heterocycles. The molecule has 0 unspecified atom stereocenters. The first-order valence-corrected chi connectivity index (χ1v) is 8.24. The Morgan fingerprint density at radius 1 is 1.05 bits per heavy atom. The molecule has 0 bridgehead atoms. The second-order valence-corrected chi connectivity index (χ2v) is 5.98. The maximum Gasteiger partial charge on any atom is 0.0914 e. The average Bonchev–Trinajstić information content (AvgIpc) is 2.44. The molecule has 4 heteroatoms. The minimum atomic E-state index is -0.537. The van der Waals surface area contributed by atoms with E-state index in [4.69, 9.17) is 23.2 Å². The van der Waals surface area contributed by atoms with Crippen molar-refractivity contribution in [2.75, 3.05) is 13.1 Å². The first-order chi connectivity index (χ1) is 9.65. The van der Waals surface area contributed by atoms with E-state index in [0.29, 0.717) is 16.6 Å². The molecule has 20 heavy (non-hydrogen) atoms. The molecule has 114 valence electrons. The van der Waals surface area contributed by atoms with Crippen LogP contribution in [-0.2, 0) is 0 Å². The van der Waals surface area contributed by atoms with Crippen LogP contribution in [0.1, 0.15) is 57.1 Å². The number of aliphatic hydroxyl groups is 1. The van der Waals surface area contributed by atoms with E-state index in [1.807, 2.05) is 6.07 Å². The molecule has 2 N–H and O–H groups in total. The highest BCUT2D eigenvalue weighted by Crippen LogP contribution is 2.25. The molecular weight excluding hydrogens is 293 g/mol. The van der Waals surface area contributed by atoms with Gasteiger partial charge in [-0.1, -0.05) is 68.3 Å². The minimum Gasteiger partial charge on any atom is -0.387 e. The summed E-state index contributed by atoms with van der Waals surface area (Å²) in [6.45, 7) is 3.73. The fourth-order valence-electron chi connectivity index (χ4n) is 2.11. The maximum absolute atomic E-state index is 10.0. The summed E-state index contributed by atoms with van der Waals surface area (Å²) in [4.78, 5) is 0. The smallest absolute Gasteiger partial charge is 0.0914 e. The Bertz CT molecular complexity index is 385. The highest BCUT2D eigenvalue weighted by Gasteiger charge is 2.08. The van der Waals surface area contributed by atoms with Crippen LogP contribution in [0.2, 0.25) is 10.0 Å². The van der Waals surface area contributed by atoms with Gasteiger partial charge in [-0.2, -0.15) is 0 Å². The number of hydrogen-bond donors (Lipinski definition) is 2. The van der Waals surface area contributed by atoms with E-state index in [1.54, 1.807) is 12.1 Å². The van der Waals surface area contributed by atoms with E-state index in [0.717, 1.165) is 18.5 Å². The van der Waals surface area contributed by atoms with E-state index in [-0.39, 0.29) is 0 Å². The van der Waals surface area contributed by atoms with Gasteiger partial charge in [0.25, 0.3) is 0 Å². The van der Waals surface area contributed by atoms with Crippen molar-refractivity contribution in [3.63, 3.8) is 0 Å². The van der Waals surface area contributed by atoms with Gasteiger partial charge in [0.1, 0.15) is 0 Å². The zero-order valence-electron chi connectivity index (χ0n) is 12.2. The van der Waals surface area contributed by atoms with Crippen LogP contribution in [0.4, 0.5) is 0 Å². The number of halogens is 2. The van der Waals surface area contributed by atoms with Crippen molar-refractivity contribution >= 4 is 23.2 Å². The van der Waals surface area contributed by atoms with Crippen LogP contribution >= 0.6 is 23.2 Å². The molecule has 0 radical (unpaired) electrons. The minimum absolute atomic E-state index is 0.485. The largest absolute Gasteiger partial charge is 0.387 e. The van der Waals surface area contributed by atoms with Crippen LogP contribution < -0.4 is 5.32 Å². The lowest BCUT2D eigenvalue weighted by Crippen LogP contribution is -2.22. The van der Waals surface area contributed by atoms with Gasteiger partial charge in [-0.15, -0.1) is 0 Å². The Kier molecular flexibility index (Phi) is 9.28. The third kappa shape index (κ3) is 6.94. The SMILES string of the molecule is CCCCCCCCNC[C@H](O)c1ccc(Cl)c(Cl)c1. The predicted molar refractivity (Wildman–Crippen MR) is 87.7 cm³/mol. The summed E-state index contributed by atoms with van der Waals surface area (Å²) >= 11 is 11.8. The summed E-state index contributed by atoms with van der Waals surface area (Å²) in [5, 5.41) is 14.3. The van der Waals surface area contributed by atoms with Crippen LogP contribution in [0.15, 0.2) is 18.2 Å². The van der Waals surface area contributed by atoms with Crippen LogP contribution in [-0.4, -0.2) is 18.2 Å². The summed E-state index contributed by atoms with van der Waals surface area (Å²) in [5.74, 6) is 0. The molecule has 0 saturated carbocycles. The van der Waals surface area contributed by atoms with Gasteiger partial charge in [0.2, 0.25) is 0 Å². The second kappa shape index (κ2) is 10.4. The van der Waals surface area contributed by atoms with Crippen molar-refractivity contribution in [2.45, 2.75) is 51.6 Å². The van der Waals surface area contributed by atoms with Gasteiger partial charge in [-0.05, 0) is 30.7 Å². The third-order valence-electron chi connectivity index (χ3n) is 3.37. The van der Waals surface area contributed by atoms with Crippen LogP contribution in [0.5, 0.6) is 0 Å². The highest BCUT2D eigenvalue weighted by molar-refractivity contribution is 6.42. The van der Waals surface area contributed by atoms with Crippen molar-refractivity contribution in [3.05, 3.63) is 33.8 Å². The Morgan fingerprint density at radius 2 is 1.75 bits per heavy atom. The molecule has 1 atom stereocenters. The van der Waals surface area contributed by atoms with Crippen molar-refractivity contribution < 1.29 is 5.11 Å². The Hall–Kier alpha value is -0.280. The fraction of sp³-hybridized carbons (Fsp3) is 0.625. The maximum atomic E-state index is 10.0. The Morgan fingerprint density at radius 3 is 2.45 bits per heavy atom. The first kappa shape index (κ1) is 17.8. The molecule has 2 nitrogen and oxygen atoms in total. The topological polar surface area (TPSA) is 32.3 Å². The molecule has 0 aromatic heterocycles. The third-order valence-corrected chi connectivity index (χ3v) is 4.11. The Labute approximate surface area is 132 Å². The molecule has 0 aliphatic rings. The fourth-order valence-corrected chi connectivity index (χ4v) is 2.41. The van der Waals surface area contributed by atoms with Crippen molar-refractivity contribution in [3.8, 4) is 0 Å². The van der Waals surface area contributed by atoms with Crippen molar-refractivity contribution in [1.29, 1.82) is 0 Å². The number of rotatable bonds is 10. The molecule has 1 aromatic rings. The second-order valence-electron chi connectivity index (χ2n) is 5.16. The van der Waals surface area contributed by atoms with Gasteiger partial charge in [-0.25, -0.2) is 0 Å². The van der Waals surface area contributed by atoms with E-state index in [1.165, 1.54) is 32.1 Å². The molecular formula is C16H25Cl2NO. The van der Waals surface area contributed by atoms with Gasteiger partial charge in [-0.3, -0.25) is 0 Å². The van der Waals surface area contributed by atoms with Gasteiger partial charge in [0.05, 0.1) is 16.1 Å². The van der Waals surface area contributed by atoms with Crippen LogP contribution in [0, 0.1) is 0 Å². The number of hydrogen-bond acceptors (Lipinski definition) is 2. The molecule has 0 amide bonds. The normalized spacial score (nSPS) is 12.6. The van der Waals surface area contributed by atoms with E-state index < -0.39 is 6.10 Å². The zero-order chi connectivity index (χ0) is 14.8. The van der Waals surface area contributed by atoms with E-state index in [2.05, 4.69) is 12.2 Å². The van der Waals surface area contributed by atoms with Gasteiger partial charge in [0.15, 0.2) is 0 Å². The molecule has 0 heterocycles. The first-order valence-electron chi connectivity index (χ1n) is 7.49. The summed E-state index contributed by atoms with van der Waals surface area (Å²) in [6.07, 6.45) is 7.16. The Balaban J connectivity index is 2.13. The predicted octanol–water partition coefficient (Wildman–Crippen LogP) is 4.98. The molecule has 0 fully saturated rings. The number of nitrogens with one attached hydrogen (secondary N) is 1. The monoisotopic (exact) mass is 317 g/mol. The molecule has 0 saturated heterocycles. The van der Waals surface area contributed by atoms with Gasteiger partial charge < -0.3 is 10.4 Å². The lowest BCUT2D eigenvalue weighted by atomic mass is 10.1. The average molecular weight is 318 g/mol. The summed E-state index contributed by atoms with van der Waals surface area (Å²) in [7, 11) is 0. The standard InChI is InChI=1S/C16H25Cl2NO/c1-2-3-4-5-6-7-10-19-12-16(20)13-8-9-14(17)15(18)11-13/h8-9,11,16,19-20H,2-7,10,12H2,1H3/t16-/m0/s1. The van der Waals surface area contributed by atoms with E-state index >= 15 is 0 Å². The quantitative estimate of drug-likeness (QED) is 0.597. The highest BCUT2D eigenvalue weighted by atomic mass is 35.5. The molecule has 1 rings (SSSR count). The summed E-state index contributed by atoms with van der Waals surface area (Å²) in [6, 6.07) is 5.25. The van der Waals surface area contributed by atoms with E-state index in [9.17, 15) is 5.11 Å². The molecule has 1 aromatic carbocycles. The molecule has 0 spiro atoms. The number of aliphatic hydroxyl groups excluding tert-OH is 1.